The Bertz CT molecular complexity index is 510. The third kappa shape index (κ3) is 2.26. The number of hydrogen-bond donors (Lipinski definition) is 1. The molecule has 0 unspecified atom stereocenters. The van der Waals surface area contributed by atoms with E-state index in [1.807, 2.05) is 18.2 Å². The maximum atomic E-state index is 8.92. The lowest BCUT2D eigenvalue weighted by Gasteiger charge is -2.08. The molecular weight excluding hydrogens is 220 g/mol. The van der Waals surface area contributed by atoms with E-state index < -0.39 is 0 Å². The van der Waals surface area contributed by atoms with Gasteiger partial charge in [-0.2, -0.15) is 0 Å². The van der Waals surface area contributed by atoms with Crippen molar-refractivity contribution in [1.29, 1.82) is 0 Å². The predicted molar refractivity (Wildman–Crippen MR) is 61.0 cm³/mol. The van der Waals surface area contributed by atoms with Crippen LogP contribution in [0.5, 0.6) is 5.75 Å². The minimum atomic E-state index is -0.226. The summed E-state index contributed by atoms with van der Waals surface area (Å²) in [5.41, 5.74) is 1.88. The van der Waals surface area contributed by atoms with Gasteiger partial charge in [-0.25, -0.2) is 0 Å². The SMILES string of the molecule is CCc1ccc(OC)c(-n2nnc(CO)n2)c1. The van der Waals surface area contributed by atoms with Gasteiger partial charge in [0.05, 0.1) is 7.11 Å². The van der Waals surface area contributed by atoms with Crippen molar-refractivity contribution in [3.8, 4) is 11.4 Å². The van der Waals surface area contributed by atoms with Crippen LogP contribution in [0.3, 0.4) is 0 Å². The van der Waals surface area contributed by atoms with Crippen LogP contribution >= 0.6 is 0 Å². The first-order chi connectivity index (χ1) is 8.28. The van der Waals surface area contributed by atoms with E-state index in [0.717, 1.165) is 17.7 Å². The van der Waals surface area contributed by atoms with Crippen LogP contribution in [0.15, 0.2) is 18.2 Å². The van der Waals surface area contributed by atoms with Crippen LogP contribution in [0.2, 0.25) is 0 Å². The predicted octanol–water partition coefficient (Wildman–Crippen LogP) is 0.726. The third-order valence-electron chi connectivity index (χ3n) is 2.46. The highest BCUT2D eigenvalue weighted by Gasteiger charge is 2.10. The molecule has 6 nitrogen and oxygen atoms in total. The second-order valence-electron chi connectivity index (χ2n) is 3.51. The van der Waals surface area contributed by atoms with Crippen molar-refractivity contribution in [3.63, 3.8) is 0 Å². The van der Waals surface area contributed by atoms with Gasteiger partial charge >= 0.3 is 0 Å². The fourth-order valence-corrected chi connectivity index (χ4v) is 1.52. The van der Waals surface area contributed by atoms with E-state index in [-0.39, 0.29) is 12.4 Å². The van der Waals surface area contributed by atoms with Gasteiger partial charge in [-0.05, 0) is 29.3 Å². The second kappa shape index (κ2) is 4.92. The summed E-state index contributed by atoms with van der Waals surface area (Å²) in [5, 5.41) is 20.6. The highest BCUT2D eigenvalue weighted by atomic mass is 16.5. The topological polar surface area (TPSA) is 73.1 Å². The van der Waals surface area contributed by atoms with Gasteiger partial charge in [-0.15, -0.1) is 15.0 Å². The summed E-state index contributed by atoms with van der Waals surface area (Å²) in [5.74, 6) is 0.957. The lowest BCUT2D eigenvalue weighted by molar-refractivity contribution is 0.271. The van der Waals surface area contributed by atoms with Gasteiger partial charge in [-0.3, -0.25) is 0 Å². The molecule has 1 heterocycles. The highest BCUT2D eigenvalue weighted by Crippen LogP contribution is 2.22. The Morgan fingerprint density at radius 2 is 2.24 bits per heavy atom. The molecule has 2 rings (SSSR count). The summed E-state index contributed by atoms with van der Waals surface area (Å²) < 4.78 is 5.25. The molecule has 1 N–H and O–H groups in total. The van der Waals surface area contributed by atoms with E-state index >= 15 is 0 Å². The maximum Gasteiger partial charge on any atom is 0.200 e. The number of aliphatic hydroxyl groups is 1. The molecule has 0 saturated heterocycles. The van der Waals surface area contributed by atoms with E-state index in [4.69, 9.17) is 9.84 Å². The number of tetrazole rings is 1. The number of hydrogen-bond acceptors (Lipinski definition) is 5. The zero-order valence-electron chi connectivity index (χ0n) is 9.79. The summed E-state index contributed by atoms with van der Waals surface area (Å²) in [6.07, 6.45) is 0.915. The Morgan fingerprint density at radius 1 is 1.41 bits per heavy atom. The summed E-state index contributed by atoms with van der Waals surface area (Å²) >= 11 is 0. The average Bonchev–Trinajstić information content (AvgIpc) is 2.86. The van der Waals surface area contributed by atoms with E-state index in [0.29, 0.717) is 5.75 Å². The fraction of sp³-hybridized carbons (Fsp3) is 0.364. The van der Waals surface area contributed by atoms with Crippen LogP contribution in [0.1, 0.15) is 18.3 Å². The highest BCUT2D eigenvalue weighted by molar-refractivity contribution is 5.47. The number of aliphatic hydroxyl groups excluding tert-OH is 1. The Balaban J connectivity index is 2.47. The van der Waals surface area contributed by atoms with Gasteiger partial charge in [0.15, 0.2) is 0 Å². The molecule has 1 aromatic heterocycles. The van der Waals surface area contributed by atoms with Crippen molar-refractivity contribution in [2.45, 2.75) is 20.0 Å². The van der Waals surface area contributed by atoms with Crippen LogP contribution < -0.4 is 4.74 Å². The first-order valence-electron chi connectivity index (χ1n) is 5.35. The van der Waals surface area contributed by atoms with Gasteiger partial charge in [-0.1, -0.05) is 13.0 Å². The molecule has 6 heteroatoms. The molecule has 0 aliphatic heterocycles. The molecule has 0 amide bonds. The number of rotatable bonds is 4. The fourth-order valence-electron chi connectivity index (χ4n) is 1.52. The first kappa shape index (κ1) is 11.5. The van der Waals surface area contributed by atoms with E-state index in [1.165, 1.54) is 4.80 Å². The molecule has 0 saturated carbocycles. The van der Waals surface area contributed by atoms with Crippen molar-refractivity contribution in [2.24, 2.45) is 0 Å². The van der Waals surface area contributed by atoms with Crippen LogP contribution in [0.25, 0.3) is 5.69 Å². The van der Waals surface area contributed by atoms with Gasteiger partial charge in [0.25, 0.3) is 0 Å². The molecular formula is C11H14N4O2. The van der Waals surface area contributed by atoms with Gasteiger partial charge < -0.3 is 9.84 Å². The van der Waals surface area contributed by atoms with Crippen LogP contribution in [0, 0.1) is 0 Å². The van der Waals surface area contributed by atoms with Gasteiger partial charge in [0.1, 0.15) is 18.0 Å². The quantitative estimate of drug-likeness (QED) is 0.844. The van der Waals surface area contributed by atoms with Crippen molar-refractivity contribution < 1.29 is 9.84 Å². The van der Waals surface area contributed by atoms with Crippen LogP contribution in [-0.4, -0.2) is 32.4 Å². The van der Waals surface area contributed by atoms with Crippen molar-refractivity contribution in [2.75, 3.05) is 7.11 Å². The zero-order valence-corrected chi connectivity index (χ0v) is 9.79. The molecule has 0 atom stereocenters. The van der Waals surface area contributed by atoms with Crippen molar-refractivity contribution >= 4 is 0 Å². The molecule has 2 aromatic rings. The number of methoxy groups -OCH3 is 1. The third-order valence-corrected chi connectivity index (χ3v) is 2.46. The monoisotopic (exact) mass is 234 g/mol. The molecule has 90 valence electrons. The van der Waals surface area contributed by atoms with Crippen LogP contribution in [-0.2, 0) is 13.0 Å². The lowest BCUT2D eigenvalue weighted by atomic mass is 10.1. The summed E-state index contributed by atoms with van der Waals surface area (Å²) in [6.45, 7) is 1.84. The Labute approximate surface area is 98.8 Å². The van der Waals surface area contributed by atoms with E-state index in [1.54, 1.807) is 7.11 Å². The number of nitrogens with zero attached hydrogens (tertiary/aromatic N) is 4. The molecule has 0 aliphatic rings. The van der Waals surface area contributed by atoms with E-state index in [2.05, 4.69) is 22.3 Å². The number of benzene rings is 1. The zero-order chi connectivity index (χ0) is 12.3. The minimum Gasteiger partial charge on any atom is -0.494 e. The largest absolute Gasteiger partial charge is 0.494 e. The lowest BCUT2D eigenvalue weighted by Crippen LogP contribution is -2.03. The summed E-state index contributed by atoms with van der Waals surface area (Å²) in [7, 11) is 1.59. The summed E-state index contributed by atoms with van der Waals surface area (Å²) in [6, 6.07) is 5.81. The molecule has 17 heavy (non-hydrogen) atoms. The number of aryl methyl sites for hydroxylation is 1. The van der Waals surface area contributed by atoms with Crippen molar-refractivity contribution in [3.05, 3.63) is 29.6 Å². The summed E-state index contributed by atoms with van der Waals surface area (Å²) in [4.78, 5) is 1.36. The van der Waals surface area contributed by atoms with Crippen molar-refractivity contribution in [1.82, 2.24) is 20.2 Å². The Hall–Kier alpha value is -1.95. The standard InChI is InChI=1S/C11H14N4O2/c1-3-8-4-5-10(17-2)9(6-8)15-13-11(7-16)12-14-15/h4-6,16H,3,7H2,1-2H3. The molecule has 0 fully saturated rings. The molecule has 0 spiro atoms. The van der Waals surface area contributed by atoms with Crippen LogP contribution in [0.4, 0.5) is 0 Å². The molecule has 1 aromatic carbocycles. The first-order valence-corrected chi connectivity index (χ1v) is 5.35. The van der Waals surface area contributed by atoms with E-state index in [9.17, 15) is 0 Å². The van der Waals surface area contributed by atoms with Gasteiger partial charge in [0.2, 0.25) is 5.82 Å². The molecule has 0 bridgehead atoms. The normalized spacial score (nSPS) is 10.5. The Kier molecular flexibility index (Phi) is 3.34. The molecule has 0 aliphatic carbocycles. The minimum absolute atomic E-state index is 0.226. The number of ether oxygens (including phenoxy) is 1. The number of aromatic nitrogens is 4. The molecule has 0 radical (unpaired) electrons. The van der Waals surface area contributed by atoms with Gasteiger partial charge in [0, 0.05) is 0 Å². The Morgan fingerprint density at radius 3 is 2.82 bits per heavy atom. The maximum absolute atomic E-state index is 8.92. The average molecular weight is 234 g/mol. The second-order valence-corrected chi connectivity index (χ2v) is 3.51. The smallest absolute Gasteiger partial charge is 0.200 e.